The molecule has 2 aromatic heterocycles. The second-order valence-corrected chi connectivity index (χ2v) is 8.16. The Bertz CT molecular complexity index is 1200. The molecule has 7 heteroatoms. The second kappa shape index (κ2) is 8.67. The minimum atomic E-state index is 0.279. The van der Waals surface area contributed by atoms with Gasteiger partial charge in [-0.1, -0.05) is 18.2 Å². The Hall–Kier alpha value is -3.32. The lowest BCUT2D eigenvalue weighted by molar-refractivity contribution is 0.185. The first-order valence-electron chi connectivity index (χ1n) is 10.9. The zero-order chi connectivity index (χ0) is 22.1. The largest absolute Gasteiger partial charge is 0.493 e. The Morgan fingerprint density at radius 2 is 1.91 bits per heavy atom. The van der Waals surface area contributed by atoms with Crippen LogP contribution in [0.4, 0.5) is 0 Å². The number of para-hydroxylation sites is 3. The van der Waals surface area contributed by atoms with Gasteiger partial charge in [-0.25, -0.2) is 9.97 Å². The third kappa shape index (κ3) is 3.84. The number of fused-ring (bicyclic) bond motifs is 1. The summed E-state index contributed by atoms with van der Waals surface area (Å²) in [6.07, 6.45) is 2.17. The summed E-state index contributed by atoms with van der Waals surface area (Å²) in [6, 6.07) is 13.6. The van der Waals surface area contributed by atoms with E-state index in [2.05, 4.69) is 4.90 Å². The third-order valence-corrected chi connectivity index (χ3v) is 6.06. The van der Waals surface area contributed by atoms with E-state index in [0.29, 0.717) is 17.4 Å². The smallest absolute Gasteiger partial charge is 0.230 e. The van der Waals surface area contributed by atoms with E-state index in [4.69, 9.17) is 28.3 Å². The van der Waals surface area contributed by atoms with Crippen LogP contribution in [0, 0.1) is 6.92 Å². The van der Waals surface area contributed by atoms with Gasteiger partial charge in [0.25, 0.3) is 0 Å². The number of ether oxygens (including phenoxy) is 2. The summed E-state index contributed by atoms with van der Waals surface area (Å²) < 4.78 is 23.0. The standard InChI is InChI=1S/C25H27N3O4/c1-16-20(27-25(31-16)18-9-6-12-22(29-2)23(18)30-3)15-28-13-7-8-17(14-28)24-26-19-10-4-5-11-21(19)32-24/h4-6,9-12,17H,7-8,13-15H2,1-3H3/t17-/m1/s1. The van der Waals surface area contributed by atoms with Crippen LogP contribution in [0.2, 0.25) is 0 Å². The zero-order valence-electron chi connectivity index (χ0n) is 18.6. The van der Waals surface area contributed by atoms with Gasteiger partial charge in [-0.3, -0.25) is 4.90 Å². The van der Waals surface area contributed by atoms with Crippen LogP contribution in [0.1, 0.15) is 36.1 Å². The Labute approximate surface area is 187 Å². The van der Waals surface area contributed by atoms with E-state index in [1.54, 1.807) is 14.2 Å². The van der Waals surface area contributed by atoms with Crippen molar-refractivity contribution in [2.75, 3.05) is 27.3 Å². The van der Waals surface area contributed by atoms with Crippen molar-refractivity contribution < 1.29 is 18.3 Å². The molecule has 1 fully saturated rings. The summed E-state index contributed by atoms with van der Waals surface area (Å²) >= 11 is 0. The number of piperidine rings is 1. The van der Waals surface area contributed by atoms with Gasteiger partial charge in [-0.2, -0.15) is 0 Å². The topological polar surface area (TPSA) is 73.8 Å². The molecule has 0 bridgehead atoms. The molecule has 1 aliphatic rings. The first kappa shape index (κ1) is 20.6. The number of rotatable bonds is 6. The van der Waals surface area contributed by atoms with Gasteiger partial charge in [0.15, 0.2) is 23.0 Å². The van der Waals surface area contributed by atoms with Crippen LogP contribution in [0.5, 0.6) is 11.5 Å². The van der Waals surface area contributed by atoms with Crippen LogP contribution in [-0.4, -0.2) is 42.2 Å². The van der Waals surface area contributed by atoms with Gasteiger partial charge in [0, 0.05) is 19.0 Å². The van der Waals surface area contributed by atoms with E-state index >= 15 is 0 Å². The van der Waals surface area contributed by atoms with Crippen molar-refractivity contribution in [1.82, 2.24) is 14.9 Å². The molecule has 0 radical (unpaired) electrons. The molecule has 0 N–H and O–H groups in total. The highest BCUT2D eigenvalue weighted by molar-refractivity contribution is 5.72. The van der Waals surface area contributed by atoms with Crippen molar-refractivity contribution in [2.24, 2.45) is 0 Å². The number of nitrogens with zero attached hydrogens (tertiary/aromatic N) is 3. The van der Waals surface area contributed by atoms with Gasteiger partial charge in [-0.05, 0) is 50.6 Å². The highest BCUT2D eigenvalue weighted by Crippen LogP contribution is 2.38. The monoisotopic (exact) mass is 433 g/mol. The quantitative estimate of drug-likeness (QED) is 0.414. The maximum atomic E-state index is 6.04. The molecule has 7 nitrogen and oxygen atoms in total. The van der Waals surface area contributed by atoms with Gasteiger partial charge in [0.05, 0.1) is 25.5 Å². The van der Waals surface area contributed by atoms with Crippen LogP contribution in [0.25, 0.3) is 22.6 Å². The fourth-order valence-corrected chi connectivity index (χ4v) is 4.42. The highest BCUT2D eigenvalue weighted by atomic mass is 16.5. The molecule has 0 unspecified atom stereocenters. The van der Waals surface area contributed by atoms with Crippen molar-refractivity contribution in [3.63, 3.8) is 0 Å². The van der Waals surface area contributed by atoms with Gasteiger partial charge in [0.2, 0.25) is 5.89 Å². The molecule has 1 aliphatic heterocycles. The minimum absolute atomic E-state index is 0.279. The molecule has 3 heterocycles. The van der Waals surface area contributed by atoms with Gasteiger partial charge < -0.3 is 18.3 Å². The number of aryl methyl sites for hydroxylation is 1. The predicted molar refractivity (Wildman–Crippen MR) is 121 cm³/mol. The fraction of sp³-hybridized carbons (Fsp3) is 0.360. The van der Waals surface area contributed by atoms with Crippen molar-refractivity contribution in [3.05, 3.63) is 59.8 Å². The normalized spacial score (nSPS) is 17.0. The molecule has 0 saturated carbocycles. The van der Waals surface area contributed by atoms with Gasteiger partial charge in [0.1, 0.15) is 11.3 Å². The molecule has 2 aromatic carbocycles. The lowest BCUT2D eigenvalue weighted by Gasteiger charge is -2.30. The van der Waals surface area contributed by atoms with Crippen molar-refractivity contribution in [3.8, 4) is 23.0 Å². The van der Waals surface area contributed by atoms with E-state index in [1.807, 2.05) is 49.4 Å². The second-order valence-electron chi connectivity index (χ2n) is 8.16. The van der Waals surface area contributed by atoms with Gasteiger partial charge >= 0.3 is 0 Å². The van der Waals surface area contributed by atoms with E-state index in [9.17, 15) is 0 Å². The van der Waals surface area contributed by atoms with Crippen LogP contribution in [0.3, 0.4) is 0 Å². The van der Waals surface area contributed by atoms with Crippen LogP contribution in [-0.2, 0) is 6.54 Å². The van der Waals surface area contributed by atoms with E-state index < -0.39 is 0 Å². The number of aromatic nitrogens is 2. The summed E-state index contributed by atoms with van der Waals surface area (Å²) in [6.45, 7) is 4.58. The minimum Gasteiger partial charge on any atom is -0.493 e. The predicted octanol–water partition coefficient (Wildman–Crippen LogP) is 5.19. The van der Waals surface area contributed by atoms with Crippen molar-refractivity contribution in [1.29, 1.82) is 0 Å². The number of methoxy groups -OCH3 is 2. The average Bonchev–Trinajstić information content (AvgIpc) is 3.42. The number of hydrogen-bond donors (Lipinski definition) is 0. The Kier molecular flexibility index (Phi) is 5.57. The maximum Gasteiger partial charge on any atom is 0.230 e. The van der Waals surface area contributed by atoms with E-state index in [-0.39, 0.29) is 5.92 Å². The van der Waals surface area contributed by atoms with Crippen molar-refractivity contribution in [2.45, 2.75) is 32.2 Å². The molecule has 4 aromatic rings. The molecule has 0 amide bonds. The lowest BCUT2D eigenvalue weighted by Crippen LogP contribution is -2.34. The van der Waals surface area contributed by atoms with Crippen LogP contribution in [0.15, 0.2) is 51.3 Å². The number of hydrogen-bond acceptors (Lipinski definition) is 7. The average molecular weight is 434 g/mol. The molecule has 5 rings (SSSR count). The first-order chi connectivity index (χ1) is 15.7. The molecular formula is C25H27N3O4. The molecular weight excluding hydrogens is 406 g/mol. The summed E-state index contributed by atoms with van der Waals surface area (Å²) in [5.74, 6) is 3.74. The number of oxazole rings is 2. The lowest BCUT2D eigenvalue weighted by atomic mass is 9.98. The third-order valence-electron chi connectivity index (χ3n) is 6.06. The fourth-order valence-electron chi connectivity index (χ4n) is 4.42. The first-order valence-corrected chi connectivity index (χ1v) is 10.9. The zero-order valence-corrected chi connectivity index (χ0v) is 18.6. The Morgan fingerprint density at radius 1 is 1.03 bits per heavy atom. The molecule has 0 spiro atoms. The SMILES string of the molecule is COc1cccc(-c2nc(CN3CCC[C@@H](c4nc5ccccc5o4)C3)c(C)o2)c1OC. The molecule has 1 saturated heterocycles. The molecule has 32 heavy (non-hydrogen) atoms. The summed E-state index contributed by atoms with van der Waals surface area (Å²) in [5, 5.41) is 0. The number of likely N-dealkylation sites (tertiary alicyclic amines) is 1. The number of benzene rings is 2. The highest BCUT2D eigenvalue weighted by Gasteiger charge is 2.27. The van der Waals surface area contributed by atoms with E-state index in [0.717, 1.165) is 66.5 Å². The van der Waals surface area contributed by atoms with Crippen molar-refractivity contribution >= 4 is 11.1 Å². The molecule has 0 aliphatic carbocycles. The molecule has 166 valence electrons. The van der Waals surface area contributed by atoms with Crippen LogP contribution < -0.4 is 9.47 Å². The summed E-state index contributed by atoms with van der Waals surface area (Å²) in [5.41, 5.74) is 3.49. The van der Waals surface area contributed by atoms with E-state index in [1.165, 1.54) is 0 Å². The summed E-state index contributed by atoms with van der Waals surface area (Å²) in [7, 11) is 3.25. The maximum absolute atomic E-state index is 6.04. The molecule has 1 atom stereocenters. The Morgan fingerprint density at radius 3 is 2.72 bits per heavy atom. The Balaban J connectivity index is 1.35. The van der Waals surface area contributed by atoms with Crippen LogP contribution >= 0.6 is 0 Å². The summed E-state index contributed by atoms with van der Waals surface area (Å²) in [4.78, 5) is 11.9. The van der Waals surface area contributed by atoms with Gasteiger partial charge in [-0.15, -0.1) is 0 Å².